The Morgan fingerprint density at radius 1 is 1.16 bits per heavy atom. The highest BCUT2D eigenvalue weighted by Gasteiger charge is 2.47. The summed E-state index contributed by atoms with van der Waals surface area (Å²) in [5.74, 6) is 0.935. The Labute approximate surface area is 182 Å². The quantitative estimate of drug-likeness (QED) is 0.707. The number of benzene rings is 1. The molecule has 9 heteroatoms. The third-order valence-corrected chi connectivity index (χ3v) is 8.74. The molecule has 1 aromatic carbocycles. The number of hydrogen-bond acceptors (Lipinski definition) is 6. The Morgan fingerprint density at radius 3 is 2.39 bits per heavy atom. The zero-order valence-corrected chi connectivity index (χ0v) is 18.3. The van der Waals surface area contributed by atoms with Crippen molar-refractivity contribution in [2.75, 3.05) is 0 Å². The van der Waals surface area contributed by atoms with Gasteiger partial charge in [0.05, 0.1) is 4.90 Å². The predicted molar refractivity (Wildman–Crippen MR) is 114 cm³/mol. The zero-order valence-electron chi connectivity index (χ0n) is 17.5. The van der Waals surface area contributed by atoms with E-state index in [2.05, 4.69) is 10.5 Å². The van der Waals surface area contributed by atoms with Crippen molar-refractivity contribution in [2.24, 2.45) is 5.73 Å². The lowest BCUT2D eigenvalue weighted by atomic mass is 9.99. The molecular weight excluding hydrogens is 416 g/mol. The van der Waals surface area contributed by atoms with E-state index >= 15 is 0 Å². The van der Waals surface area contributed by atoms with Crippen LogP contribution in [-0.4, -0.2) is 41.9 Å². The Balaban J connectivity index is 1.27. The van der Waals surface area contributed by atoms with E-state index in [1.54, 1.807) is 34.6 Å². The first-order chi connectivity index (χ1) is 14.8. The van der Waals surface area contributed by atoms with Gasteiger partial charge < -0.3 is 15.6 Å². The molecule has 166 valence electrons. The summed E-state index contributed by atoms with van der Waals surface area (Å²) in [6, 6.07) is 8.14. The van der Waals surface area contributed by atoms with Crippen LogP contribution < -0.4 is 11.1 Å². The van der Waals surface area contributed by atoms with E-state index in [9.17, 15) is 13.2 Å². The molecule has 0 radical (unpaired) electrons. The molecule has 31 heavy (non-hydrogen) atoms. The molecule has 1 unspecified atom stereocenters. The number of aromatic nitrogens is 1. The average molecular weight is 445 g/mol. The van der Waals surface area contributed by atoms with Crippen LogP contribution in [0.25, 0.3) is 0 Å². The van der Waals surface area contributed by atoms with E-state index in [-0.39, 0.29) is 30.1 Å². The van der Waals surface area contributed by atoms with Gasteiger partial charge in [-0.1, -0.05) is 17.3 Å². The second-order valence-corrected chi connectivity index (χ2v) is 11.0. The first-order valence-corrected chi connectivity index (χ1v) is 12.4. The van der Waals surface area contributed by atoms with Crippen molar-refractivity contribution in [3.05, 3.63) is 47.3 Å². The highest BCUT2D eigenvalue weighted by Crippen LogP contribution is 2.41. The first-order valence-electron chi connectivity index (χ1n) is 11.0. The van der Waals surface area contributed by atoms with Gasteiger partial charge in [0.1, 0.15) is 5.76 Å². The molecule has 1 amide bonds. The molecule has 1 saturated carbocycles. The van der Waals surface area contributed by atoms with Gasteiger partial charge in [0.25, 0.3) is 5.91 Å². The Morgan fingerprint density at radius 2 is 1.81 bits per heavy atom. The van der Waals surface area contributed by atoms with Crippen molar-refractivity contribution in [3.8, 4) is 0 Å². The summed E-state index contributed by atoms with van der Waals surface area (Å²) in [6.45, 7) is 1.87. The monoisotopic (exact) mass is 444 g/mol. The number of nitrogens with one attached hydrogen (secondary N) is 1. The predicted octanol–water partition coefficient (Wildman–Crippen LogP) is 2.69. The summed E-state index contributed by atoms with van der Waals surface area (Å²) in [5, 5.41) is 6.95. The fourth-order valence-electron chi connectivity index (χ4n) is 4.93. The van der Waals surface area contributed by atoms with Crippen LogP contribution >= 0.6 is 0 Å². The first kappa shape index (κ1) is 20.7. The molecule has 0 spiro atoms. The molecule has 3 fully saturated rings. The van der Waals surface area contributed by atoms with Gasteiger partial charge in [-0.15, -0.1) is 0 Å². The van der Waals surface area contributed by atoms with Gasteiger partial charge in [-0.3, -0.25) is 4.79 Å². The molecule has 2 aromatic rings. The summed E-state index contributed by atoms with van der Waals surface area (Å²) in [5.41, 5.74) is 7.09. The summed E-state index contributed by atoms with van der Waals surface area (Å²) in [6.07, 6.45) is 4.99. The van der Waals surface area contributed by atoms with Crippen molar-refractivity contribution >= 4 is 15.9 Å². The molecule has 8 nitrogen and oxygen atoms in total. The van der Waals surface area contributed by atoms with Gasteiger partial charge in [0, 0.05) is 36.2 Å². The van der Waals surface area contributed by atoms with Crippen LogP contribution in [0.3, 0.4) is 0 Å². The number of piperidine rings is 1. The third kappa shape index (κ3) is 3.90. The Hall–Kier alpha value is -2.23. The third-order valence-electron chi connectivity index (χ3n) is 6.72. The molecule has 3 N–H and O–H groups in total. The summed E-state index contributed by atoms with van der Waals surface area (Å²) in [7, 11) is -3.59. The topological polar surface area (TPSA) is 119 Å². The molecule has 2 bridgehead atoms. The number of carbonyl (C=O) groups excluding carboxylic acids is 1. The standard InChI is InChI=1S/C22H28N4O4S/c1-13(23)14-4-8-19(9-5-14)31(28,29)26-17-6-7-18(26)11-16(10-17)24-22(27)20-12-21(30-25-20)15-2-3-15/h4-5,8-9,12-13,15-18H,2-3,6-7,10-11,23H2,1H3,(H,24,27)/t13-,16?,17-,18+/m0/s1. The van der Waals surface area contributed by atoms with Crippen LogP contribution in [0.15, 0.2) is 39.8 Å². The maximum atomic E-state index is 13.3. The number of nitrogens with two attached hydrogens (primary N) is 1. The lowest BCUT2D eigenvalue weighted by Crippen LogP contribution is -2.52. The number of carbonyl (C=O) groups is 1. The lowest BCUT2D eigenvalue weighted by molar-refractivity contribution is 0.0900. The average Bonchev–Trinajstić information content (AvgIpc) is 3.40. The van der Waals surface area contributed by atoms with Crippen LogP contribution in [0.4, 0.5) is 0 Å². The molecule has 3 aliphatic rings. The molecule has 2 saturated heterocycles. The second-order valence-electron chi connectivity index (χ2n) is 9.11. The van der Waals surface area contributed by atoms with Gasteiger partial charge in [0.15, 0.2) is 5.69 Å². The normalized spacial score (nSPS) is 27.2. The maximum Gasteiger partial charge on any atom is 0.273 e. The number of hydrogen-bond donors (Lipinski definition) is 2. The van der Waals surface area contributed by atoms with Gasteiger partial charge in [0.2, 0.25) is 10.0 Å². The van der Waals surface area contributed by atoms with E-state index < -0.39 is 10.0 Å². The smallest absolute Gasteiger partial charge is 0.273 e. The van der Waals surface area contributed by atoms with Crippen LogP contribution in [0, 0.1) is 0 Å². The van der Waals surface area contributed by atoms with E-state index in [4.69, 9.17) is 10.3 Å². The minimum atomic E-state index is -3.59. The summed E-state index contributed by atoms with van der Waals surface area (Å²) >= 11 is 0. The Bertz CT molecular complexity index is 1060. The molecular formula is C22H28N4O4S. The van der Waals surface area contributed by atoms with Crippen LogP contribution in [0.2, 0.25) is 0 Å². The summed E-state index contributed by atoms with van der Waals surface area (Å²) in [4.78, 5) is 12.9. The van der Waals surface area contributed by atoms with Crippen LogP contribution in [0.1, 0.15) is 79.2 Å². The van der Waals surface area contributed by atoms with Crippen molar-refractivity contribution in [3.63, 3.8) is 0 Å². The van der Waals surface area contributed by atoms with Gasteiger partial charge >= 0.3 is 0 Å². The minimum absolute atomic E-state index is 0.0713. The highest BCUT2D eigenvalue weighted by atomic mass is 32.2. The molecule has 1 aliphatic carbocycles. The molecule has 1 aromatic heterocycles. The number of sulfonamides is 1. The van der Waals surface area contributed by atoms with E-state index in [1.165, 1.54) is 0 Å². The minimum Gasteiger partial charge on any atom is -0.360 e. The second kappa shape index (κ2) is 7.72. The molecule has 4 atom stereocenters. The van der Waals surface area contributed by atoms with Crippen LogP contribution in [-0.2, 0) is 10.0 Å². The maximum absolute atomic E-state index is 13.3. The largest absolute Gasteiger partial charge is 0.360 e. The van der Waals surface area contributed by atoms with Gasteiger partial charge in [-0.05, 0) is 63.1 Å². The van der Waals surface area contributed by atoms with Crippen molar-refractivity contribution in [1.29, 1.82) is 0 Å². The molecule has 2 aliphatic heterocycles. The van der Waals surface area contributed by atoms with Gasteiger partial charge in [-0.25, -0.2) is 8.42 Å². The SMILES string of the molecule is C[C@H](N)c1ccc(S(=O)(=O)N2[C@@H]3CC[C@H]2CC(NC(=O)c2cc(C4CC4)on2)C3)cc1. The number of fused-ring (bicyclic) bond motifs is 2. The molecule has 3 heterocycles. The highest BCUT2D eigenvalue weighted by molar-refractivity contribution is 7.89. The zero-order chi connectivity index (χ0) is 21.8. The molecule has 5 rings (SSSR count). The Kier molecular flexibility index (Phi) is 5.15. The van der Waals surface area contributed by atoms with Crippen molar-refractivity contribution in [2.45, 2.75) is 80.4 Å². The lowest BCUT2D eigenvalue weighted by Gasteiger charge is -2.38. The number of nitrogens with zero attached hydrogens (tertiary/aromatic N) is 2. The van der Waals surface area contributed by atoms with E-state index in [1.807, 2.05) is 6.92 Å². The van der Waals surface area contributed by atoms with Crippen molar-refractivity contribution < 1.29 is 17.7 Å². The fourth-order valence-corrected chi connectivity index (χ4v) is 6.82. The van der Waals surface area contributed by atoms with Crippen molar-refractivity contribution in [1.82, 2.24) is 14.8 Å². The number of rotatable bonds is 6. The number of amides is 1. The van der Waals surface area contributed by atoms with Gasteiger partial charge in [-0.2, -0.15) is 4.31 Å². The van der Waals surface area contributed by atoms with E-state index in [0.717, 1.165) is 37.0 Å². The summed E-state index contributed by atoms with van der Waals surface area (Å²) < 4.78 is 33.6. The van der Waals surface area contributed by atoms with Crippen LogP contribution in [0.5, 0.6) is 0 Å². The fraction of sp³-hybridized carbons (Fsp3) is 0.545. The van der Waals surface area contributed by atoms with E-state index in [0.29, 0.717) is 29.3 Å².